The lowest BCUT2D eigenvalue weighted by molar-refractivity contribution is 0.0685. The number of alkyl halides is 1. The fraction of sp³-hybridized carbons (Fsp3) is 0.429. The summed E-state index contributed by atoms with van der Waals surface area (Å²) in [5.41, 5.74) is -0.135. The maximum Gasteiger partial charge on any atom is 0.358 e. The van der Waals surface area contributed by atoms with Crippen LogP contribution in [0.25, 0.3) is 0 Å². The molecule has 0 aliphatic heterocycles. The van der Waals surface area contributed by atoms with Crippen molar-refractivity contribution in [2.75, 3.05) is 6.67 Å². The van der Waals surface area contributed by atoms with E-state index in [1.54, 1.807) is 0 Å². The first-order valence-electron chi connectivity index (χ1n) is 3.49. The minimum atomic E-state index is -1.13. The van der Waals surface area contributed by atoms with Gasteiger partial charge in [-0.1, -0.05) is 5.16 Å². The molecule has 1 aromatic heterocycles. The molecule has 1 aromatic rings. The molecule has 0 spiro atoms. The van der Waals surface area contributed by atoms with E-state index in [1.165, 1.54) is 6.07 Å². The number of carboxylic acids is 1. The Hall–Kier alpha value is -1.39. The summed E-state index contributed by atoms with van der Waals surface area (Å²) in [6.07, 6.45) is 0.713. The number of hydrogen-bond acceptors (Lipinski definition) is 3. The van der Waals surface area contributed by atoms with E-state index in [1.807, 2.05) is 0 Å². The van der Waals surface area contributed by atoms with Crippen LogP contribution >= 0.6 is 0 Å². The van der Waals surface area contributed by atoms with E-state index in [2.05, 4.69) is 9.68 Å². The van der Waals surface area contributed by atoms with Gasteiger partial charge in [-0.15, -0.1) is 0 Å². The zero-order chi connectivity index (χ0) is 8.97. The van der Waals surface area contributed by atoms with Crippen molar-refractivity contribution in [3.05, 3.63) is 17.5 Å². The Morgan fingerprint density at radius 1 is 1.75 bits per heavy atom. The SMILES string of the molecule is O=C(O)c1cc(CCCF)on1. The van der Waals surface area contributed by atoms with Crippen molar-refractivity contribution in [1.82, 2.24) is 5.16 Å². The zero-order valence-corrected chi connectivity index (χ0v) is 6.29. The van der Waals surface area contributed by atoms with Crippen molar-refractivity contribution in [2.45, 2.75) is 12.8 Å². The summed E-state index contributed by atoms with van der Waals surface area (Å²) in [4.78, 5) is 10.3. The van der Waals surface area contributed by atoms with Gasteiger partial charge in [0, 0.05) is 12.5 Å². The van der Waals surface area contributed by atoms with Crippen molar-refractivity contribution in [2.24, 2.45) is 0 Å². The number of aryl methyl sites for hydroxylation is 1. The van der Waals surface area contributed by atoms with Gasteiger partial charge in [0.15, 0.2) is 5.69 Å². The second kappa shape index (κ2) is 3.85. The predicted octanol–water partition coefficient (Wildman–Crippen LogP) is 1.27. The van der Waals surface area contributed by atoms with Gasteiger partial charge < -0.3 is 9.63 Å². The molecule has 0 aliphatic rings. The molecule has 0 aromatic carbocycles. The lowest BCUT2D eigenvalue weighted by atomic mass is 10.2. The molecule has 0 saturated carbocycles. The normalized spacial score (nSPS) is 10.1. The predicted molar refractivity (Wildman–Crippen MR) is 37.8 cm³/mol. The average Bonchev–Trinajstić information content (AvgIpc) is 2.48. The Bertz CT molecular complexity index is 271. The summed E-state index contributed by atoms with van der Waals surface area (Å²) in [5.74, 6) is -0.727. The molecule has 1 N–H and O–H groups in total. The highest BCUT2D eigenvalue weighted by molar-refractivity contribution is 5.85. The Morgan fingerprint density at radius 2 is 2.50 bits per heavy atom. The molecule has 0 amide bonds. The molecule has 66 valence electrons. The largest absolute Gasteiger partial charge is 0.476 e. The fourth-order valence-corrected chi connectivity index (χ4v) is 0.773. The molecule has 0 bridgehead atoms. The maximum absolute atomic E-state index is 11.7. The number of aromatic carboxylic acids is 1. The van der Waals surface area contributed by atoms with Crippen LogP contribution in [-0.4, -0.2) is 22.9 Å². The van der Waals surface area contributed by atoms with Crippen LogP contribution in [0.3, 0.4) is 0 Å². The minimum Gasteiger partial charge on any atom is -0.476 e. The third-order valence-corrected chi connectivity index (χ3v) is 1.33. The minimum absolute atomic E-state index is 0.135. The van der Waals surface area contributed by atoms with E-state index in [0.29, 0.717) is 18.6 Å². The highest BCUT2D eigenvalue weighted by Crippen LogP contribution is 2.06. The van der Waals surface area contributed by atoms with Crippen LogP contribution in [0.15, 0.2) is 10.6 Å². The number of hydrogen-bond donors (Lipinski definition) is 1. The second-order valence-electron chi connectivity index (χ2n) is 2.28. The van der Waals surface area contributed by atoms with Crippen molar-refractivity contribution in [1.29, 1.82) is 0 Å². The van der Waals surface area contributed by atoms with Crippen LogP contribution in [0.2, 0.25) is 0 Å². The Kier molecular flexibility index (Phi) is 2.79. The van der Waals surface area contributed by atoms with Crippen molar-refractivity contribution < 1.29 is 18.8 Å². The van der Waals surface area contributed by atoms with Gasteiger partial charge in [-0.3, -0.25) is 4.39 Å². The van der Waals surface area contributed by atoms with Gasteiger partial charge in [0.05, 0.1) is 6.67 Å². The molecular formula is C7H8FNO3. The third kappa shape index (κ3) is 2.05. The van der Waals surface area contributed by atoms with Gasteiger partial charge in [-0.05, 0) is 6.42 Å². The quantitative estimate of drug-likeness (QED) is 0.744. The topological polar surface area (TPSA) is 63.3 Å². The van der Waals surface area contributed by atoms with E-state index < -0.39 is 12.6 Å². The Balaban J connectivity index is 2.58. The molecule has 5 heteroatoms. The molecule has 12 heavy (non-hydrogen) atoms. The first-order chi connectivity index (χ1) is 5.74. The van der Waals surface area contributed by atoms with Gasteiger partial charge in [0.2, 0.25) is 0 Å². The third-order valence-electron chi connectivity index (χ3n) is 1.33. The molecule has 1 heterocycles. The smallest absolute Gasteiger partial charge is 0.358 e. The van der Waals surface area contributed by atoms with Crippen LogP contribution < -0.4 is 0 Å². The summed E-state index contributed by atoms with van der Waals surface area (Å²) >= 11 is 0. The molecule has 1 rings (SSSR count). The summed E-state index contributed by atoms with van der Waals surface area (Å²) in [6.45, 7) is -0.441. The van der Waals surface area contributed by atoms with Gasteiger partial charge in [-0.25, -0.2) is 4.79 Å². The summed E-state index contributed by atoms with van der Waals surface area (Å²) in [7, 11) is 0. The van der Waals surface area contributed by atoms with E-state index in [-0.39, 0.29) is 5.69 Å². The summed E-state index contributed by atoms with van der Waals surface area (Å²) in [6, 6.07) is 1.30. The molecule has 0 saturated heterocycles. The standard InChI is InChI=1S/C7H8FNO3/c8-3-1-2-5-4-6(7(10)11)9-12-5/h4H,1-3H2,(H,10,11). The van der Waals surface area contributed by atoms with Crippen molar-refractivity contribution in [3.63, 3.8) is 0 Å². The van der Waals surface area contributed by atoms with E-state index in [0.717, 1.165) is 0 Å². The number of carboxylic acid groups (broad SMARTS) is 1. The number of carbonyl (C=O) groups is 1. The highest BCUT2D eigenvalue weighted by atomic mass is 19.1. The Morgan fingerprint density at radius 3 is 3.00 bits per heavy atom. The molecule has 0 aliphatic carbocycles. The molecule has 0 fully saturated rings. The molecule has 0 unspecified atom stereocenters. The van der Waals surface area contributed by atoms with E-state index in [4.69, 9.17) is 5.11 Å². The number of aromatic nitrogens is 1. The first kappa shape index (κ1) is 8.70. The highest BCUT2D eigenvalue weighted by Gasteiger charge is 2.09. The molecular weight excluding hydrogens is 165 g/mol. The molecule has 0 atom stereocenters. The van der Waals surface area contributed by atoms with Gasteiger partial charge in [0.1, 0.15) is 5.76 Å². The van der Waals surface area contributed by atoms with E-state index >= 15 is 0 Å². The monoisotopic (exact) mass is 173 g/mol. The average molecular weight is 173 g/mol. The van der Waals surface area contributed by atoms with Crippen LogP contribution in [0.5, 0.6) is 0 Å². The van der Waals surface area contributed by atoms with Gasteiger partial charge in [-0.2, -0.15) is 0 Å². The molecule has 0 radical (unpaired) electrons. The maximum atomic E-state index is 11.7. The summed E-state index contributed by atoms with van der Waals surface area (Å²) < 4.78 is 16.3. The van der Waals surface area contributed by atoms with Gasteiger partial charge in [0.25, 0.3) is 0 Å². The van der Waals surface area contributed by atoms with Crippen molar-refractivity contribution >= 4 is 5.97 Å². The van der Waals surface area contributed by atoms with Crippen LogP contribution in [0.1, 0.15) is 22.7 Å². The van der Waals surface area contributed by atoms with Crippen LogP contribution in [0, 0.1) is 0 Å². The Labute approximate surface area is 68.0 Å². The molecule has 4 nitrogen and oxygen atoms in total. The lowest BCUT2D eigenvalue weighted by Crippen LogP contribution is -1.94. The van der Waals surface area contributed by atoms with Crippen LogP contribution in [-0.2, 0) is 6.42 Å². The van der Waals surface area contributed by atoms with Crippen molar-refractivity contribution in [3.8, 4) is 0 Å². The first-order valence-corrected chi connectivity index (χ1v) is 3.49. The lowest BCUT2D eigenvalue weighted by Gasteiger charge is -1.86. The number of rotatable bonds is 4. The zero-order valence-electron chi connectivity index (χ0n) is 6.29. The number of nitrogens with zero attached hydrogens (tertiary/aromatic N) is 1. The summed E-state index contributed by atoms with van der Waals surface area (Å²) in [5, 5.41) is 11.7. The van der Waals surface area contributed by atoms with Crippen LogP contribution in [0.4, 0.5) is 4.39 Å². The second-order valence-corrected chi connectivity index (χ2v) is 2.28. The number of halogens is 1. The fourth-order valence-electron chi connectivity index (χ4n) is 0.773. The van der Waals surface area contributed by atoms with E-state index in [9.17, 15) is 9.18 Å². The van der Waals surface area contributed by atoms with Gasteiger partial charge >= 0.3 is 5.97 Å².